The first-order valence-electron chi connectivity index (χ1n) is 9.86. The molecule has 2 aromatic carbocycles. The van der Waals surface area contributed by atoms with E-state index in [-0.39, 0.29) is 34.1 Å². The Morgan fingerprint density at radius 1 is 1.06 bits per heavy atom. The quantitative estimate of drug-likeness (QED) is 0.647. The highest BCUT2D eigenvalue weighted by molar-refractivity contribution is 6.04. The molecular weight excluding hydrogens is 404 g/mol. The topological polar surface area (TPSA) is 82.2 Å². The molecule has 158 valence electrons. The Kier molecular flexibility index (Phi) is 5.38. The van der Waals surface area contributed by atoms with Crippen LogP contribution in [0, 0.1) is 23.0 Å². The number of amides is 1. The van der Waals surface area contributed by atoms with Crippen LogP contribution in [0.25, 0.3) is 10.8 Å². The normalized spacial score (nSPS) is 14.0. The fourth-order valence-corrected chi connectivity index (χ4v) is 3.77. The van der Waals surface area contributed by atoms with Gasteiger partial charge in [-0.15, -0.1) is 0 Å². The van der Waals surface area contributed by atoms with Gasteiger partial charge in [0.15, 0.2) is 5.69 Å². The predicted octanol–water partition coefficient (Wildman–Crippen LogP) is 2.53. The second-order valence-electron chi connectivity index (χ2n) is 7.25. The van der Waals surface area contributed by atoms with E-state index < -0.39 is 17.5 Å². The van der Waals surface area contributed by atoms with Gasteiger partial charge in [0.05, 0.1) is 17.0 Å². The molecule has 0 spiro atoms. The van der Waals surface area contributed by atoms with Crippen molar-refractivity contribution < 1.29 is 13.6 Å². The summed E-state index contributed by atoms with van der Waals surface area (Å²) in [6.45, 7) is 3.55. The van der Waals surface area contributed by atoms with Gasteiger partial charge < -0.3 is 9.80 Å². The lowest BCUT2D eigenvalue weighted by Crippen LogP contribution is -2.49. The number of benzene rings is 2. The number of carbonyl (C=O) groups is 1. The maximum Gasteiger partial charge on any atom is 0.275 e. The smallest absolute Gasteiger partial charge is 0.275 e. The molecule has 0 atom stereocenters. The van der Waals surface area contributed by atoms with E-state index in [1.54, 1.807) is 17.9 Å². The molecule has 1 aliphatic rings. The van der Waals surface area contributed by atoms with Crippen LogP contribution in [-0.4, -0.2) is 46.8 Å². The predicted molar refractivity (Wildman–Crippen MR) is 111 cm³/mol. The lowest BCUT2D eigenvalue weighted by atomic mass is 10.1. The van der Waals surface area contributed by atoms with Crippen LogP contribution in [0.4, 0.5) is 14.5 Å². The molecule has 0 unspecified atom stereocenters. The van der Waals surface area contributed by atoms with Crippen molar-refractivity contribution in [1.29, 1.82) is 5.26 Å². The summed E-state index contributed by atoms with van der Waals surface area (Å²) in [5.74, 6) is -1.44. The zero-order chi connectivity index (χ0) is 22.1. The molecule has 1 saturated heterocycles. The van der Waals surface area contributed by atoms with Crippen molar-refractivity contribution in [3.05, 3.63) is 69.6 Å². The van der Waals surface area contributed by atoms with Crippen molar-refractivity contribution in [2.45, 2.75) is 13.5 Å². The Labute approximate surface area is 176 Å². The first kappa shape index (κ1) is 20.5. The molecule has 3 aromatic rings. The molecular formula is C22H19F2N5O2. The first-order chi connectivity index (χ1) is 14.9. The molecule has 1 fully saturated rings. The highest BCUT2D eigenvalue weighted by atomic mass is 19.1. The van der Waals surface area contributed by atoms with Gasteiger partial charge in [0, 0.05) is 43.8 Å². The number of hydrogen-bond donors (Lipinski definition) is 0. The summed E-state index contributed by atoms with van der Waals surface area (Å²) >= 11 is 0. The Bertz CT molecular complexity index is 1270. The van der Waals surface area contributed by atoms with Gasteiger partial charge in [-0.3, -0.25) is 9.59 Å². The molecule has 0 saturated carbocycles. The zero-order valence-electron chi connectivity index (χ0n) is 16.8. The van der Waals surface area contributed by atoms with Crippen LogP contribution in [0.5, 0.6) is 0 Å². The molecule has 0 aliphatic carbocycles. The standard InChI is InChI=1S/C22H19F2N5O2/c1-2-29-21(30)18-4-3-15(23)12-19(18)20(26-29)22(31)28-7-5-27(6-8-28)17-10-14(13-25)9-16(24)11-17/h3-4,9-12H,2,5-8H2,1H3. The van der Waals surface area contributed by atoms with E-state index in [4.69, 9.17) is 5.26 Å². The lowest BCUT2D eigenvalue weighted by molar-refractivity contribution is 0.0740. The van der Waals surface area contributed by atoms with Gasteiger partial charge in [-0.2, -0.15) is 10.4 Å². The zero-order valence-corrected chi connectivity index (χ0v) is 16.8. The molecule has 7 nitrogen and oxygen atoms in total. The van der Waals surface area contributed by atoms with E-state index in [0.29, 0.717) is 31.9 Å². The first-order valence-corrected chi connectivity index (χ1v) is 9.86. The summed E-state index contributed by atoms with van der Waals surface area (Å²) in [6, 6.07) is 9.77. The molecule has 9 heteroatoms. The van der Waals surface area contributed by atoms with Gasteiger partial charge in [0.25, 0.3) is 11.5 Å². The Hall–Kier alpha value is -3.80. The van der Waals surface area contributed by atoms with Crippen LogP contribution >= 0.6 is 0 Å². The molecule has 0 radical (unpaired) electrons. The molecule has 1 aliphatic heterocycles. The van der Waals surface area contributed by atoms with Crippen LogP contribution in [0.3, 0.4) is 0 Å². The van der Waals surface area contributed by atoms with Gasteiger partial charge in [0.2, 0.25) is 0 Å². The van der Waals surface area contributed by atoms with Gasteiger partial charge in [-0.05, 0) is 43.3 Å². The summed E-state index contributed by atoms with van der Waals surface area (Å²) in [5.41, 5.74) is 0.460. The van der Waals surface area contributed by atoms with Crippen LogP contribution in [-0.2, 0) is 6.54 Å². The minimum Gasteiger partial charge on any atom is -0.368 e. The van der Waals surface area contributed by atoms with Gasteiger partial charge in [-0.25, -0.2) is 13.5 Å². The van der Waals surface area contributed by atoms with Gasteiger partial charge in [0.1, 0.15) is 11.6 Å². The maximum atomic E-state index is 13.8. The minimum absolute atomic E-state index is 0.0296. The summed E-state index contributed by atoms with van der Waals surface area (Å²) in [7, 11) is 0. The fourth-order valence-electron chi connectivity index (χ4n) is 3.77. The maximum absolute atomic E-state index is 13.8. The number of anilines is 1. The number of nitrogens with zero attached hydrogens (tertiary/aromatic N) is 5. The number of aromatic nitrogens is 2. The third kappa shape index (κ3) is 3.84. The highest BCUT2D eigenvalue weighted by Gasteiger charge is 2.26. The minimum atomic E-state index is -0.554. The molecule has 0 N–H and O–H groups in total. The van der Waals surface area contributed by atoms with Crippen molar-refractivity contribution in [1.82, 2.24) is 14.7 Å². The molecule has 1 amide bonds. The number of carbonyl (C=O) groups excluding carboxylic acids is 1. The highest BCUT2D eigenvalue weighted by Crippen LogP contribution is 2.22. The number of rotatable bonds is 3. The van der Waals surface area contributed by atoms with E-state index in [0.717, 1.165) is 6.07 Å². The van der Waals surface area contributed by atoms with E-state index >= 15 is 0 Å². The fraction of sp³-hybridized carbons (Fsp3) is 0.273. The third-order valence-electron chi connectivity index (χ3n) is 5.37. The Balaban J connectivity index is 1.61. The Morgan fingerprint density at radius 3 is 2.48 bits per heavy atom. The summed E-state index contributed by atoms with van der Waals surface area (Å²) in [6.07, 6.45) is 0. The van der Waals surface area contributed by atoms with Crippen LogP contribution in [0.15, 0.2) is 41.2 Å². The monoisotopic (exact) mass is 423 g/mol. The van der Waals surface area contributed by atoms with Crippen molar-refractivity contribution in [3.63, 3.8) is 0 Å². The second kappa shape index (κ2) is 8.14. The number of aryl methyl sites for hydroxylation is 1. The third-order valence-corrected chi connectivity index (χ3v) is 5.37. The number of halogens is 2. The van der Waals surface area contributed by atoms with Crippen LogP contribution in [0.2, 0.25) is 0 Å². The lowest BCUT2D eigenvalue weighted by Gasteiger charge is -2.36. The molecule has 4 rings (SSSR count). The molecule has 2 heterocycles. The van der Waals surface area contributed by atoms with Crippen LogP contribution < -0.4 is 10.5 Å². The summed E-state index contributed by atoms with van der Waals surface area (Å²) < 4.78 is 28.8. The van der Waals surface area contributed by atoms with Crippen LogP contribution in [0.1, 0.15) is 23.0 Å². The van der Waals surface area contributed by atoms with Crippen molar-refractivity contribution in [2.75, 3.05) is 31.1 Å². The molecule has 1 aromatic heterocycles. The van der Waals surface area contributed by atoms with E-state index in [1.807, 2.05) is 11.0 Å². The second-order valence-corrected chi connectivity index (χ2v) is 7.25. The molecule has 31 heavy (non-hydrogen) atoms. The van der Waals surface area contributed by atoms with Crippen molar-refractivity contribution in [3.8, 4) is 6.07 Å². The van der Waals surface area contributed by atoms with Crippen molar-refractivity contribution >= 4 is 22.4 Å². The largest absolute Gasteiger partial charge is 0.368 e. The number of hydrogen-bond acceptors (Lipinski definition) is 5. The number of nitriles is 1. The van der Waals surface area contributed by atoms with Gasteiger partial charge >= 0.3 is 0 Å². The Morgan fingerprint density at radius 2 is 1.81 bits per heavy atom. The number of piperazine rings is 1. The molecule has 0 bridgehead atoms. The number of fused-ring (bicyclic) bond motifs is 1. The van der Waals surface area contributed by atoms with E-state index in [1.165, 1.54) is 28.9 Å². The van der Waals surface area contributed by atoms with Crippen molar-refractivity contribution in [2.24, 2.45) is 0 Å². The van der Waals surface area contributed by atoms with E-state index in [2.05, 4.69) is 5.10 Å². The summed E-state index contributed by atoms with van der Waals surface area (Å²) in [5, 5.41) is 13.7. The average molecular weight is 423 g/mol. The van der Waals surface area contributed by atoms with Gasteiger partial charge in [-0.1, -0.05) is 0 Å². The average Bonchev–Trinajstić information content (AvgIpc) is 2.78. The summed E-state index contributed by atoms with van der Waals surface area (Å²) in [4.78, 5) is 29.2. The SMILES string of the molecule is CCn1nc(C(=O)N2CCN(c3cc(F)cc(C#N)c3)CC2)c2cc(F)ccc2c1=O. The van der Waals surface area contributed by atoms with E-state index in [9.17, 15) is 18.4 Å².